The molecule has 1 aliphatic heterocycles. The maximum absolute atomic E-state index is 12.9. The summed E-state index contributed by atoms with van der Waals surface area (Å²) in [5.74, 6) is 0.333. The molecule has 0 saturated carbocycles. The number of hydrogen-bond acceptors (Lipinski definition) is 7. The second-order valence-corrected chi connectivity index (χ2v) is 9.39. The number of amides is 1. The Hall–Kier alpha value is -2.88. The minimum absolute atomic E-state index is 0. The molecule has 0 spiro atoms. The predicted octanol–water partition coefficient (Wildman–Crippen LogP) is 4.43. The zero-order valence-electron chi connectivity index (χ0n) is 23.9. The van der Waals surface area contributed by atoms with Gasteiger partial charge >= 0.3 is 37.7 Å². The van der Waals surface area contributed by atoms with Crippen molar-refractivity contribution in [1.82, 2.24) is 24.8 Å². The summed E-state index contributed by atoms with van der Waals surface area (Å²) in [4.78, 5) is 30.9. The van der Waals surface area contributed by atoms with E-state index in [1.54, 1.807) is 18.6 Å². The molecule has 1 aliphatic rings. The van der Waals surface area contributed by atoms with Crippen molar-refractivity contribution in [2.45, 2.75) is 13.5 Å². The first kappa shape index (κ1) is 28.1. The van der Waals surface area contributed by atoms with Crippen molar-refractivity contribution in [1.29, 1.82) is 0 Å². The van der Waals surface area contributed by atoms with Gasteiger partial charge in [-0.25, -0.2) is 9.97 Å². The minimum atomic E-state index is -0.143. The fourth-order valence-corrected chi connectivity index (χ4v) is 4.28. The van der Waals surface area contributed by atoms with Crippen molar-refractivity contribution >= 4 is 61.0 Å². The normalized spacial score (nSPS) is 13.9. The third kappa shape index (κ3) is 7.36. The average Bonchev–Trinajstić information content (AvgIpc) is 2.93. The van der Waals surface area contributed by atoms with Crippen LogP contribution in [0.3, 0.4) is 0 Å². The zero-order valence-corrected chi connectivity index (χ0v) is 24.1. The molecule has 1 saturated heterocycles. The topological polar surface area (TPSA) is 86.3 Å². The number of nitrogens with one attached hydrogen (secondary N) is 2. The smallest absolute Gasteiger partial charge is 1.00 e. The SMILES string of the molecule is Cc1ccc(NC(=O)c2ccc(CN3CCN(C)CC3)cc2)cc1Nc1nccc(-c2cccnc2)n1.[Ca+2].[H-].[H-]. The van der Waals surface area contributed by atoms with E-state index < -0.39 is 0 Å². The fourth-order valence-electron chi connectivity index (χ4n) is 4.28. The number of aryl methyl sites for hydroxylation is 1. The number of nitrogens with zero attached hydrogens (tertiary/aromatic N) is 5. The van der Waals surface area contributed by atoms with Gasteiger partial charge in [0.05, 0.1) is 5.69 Å². The van der Waals surface area contributed by atoms with Gasteiger partial charge in [-0.1, -0.05) is 18.2 Å². The molecule has 2 aromatic carbocycles. The summed E-state index contributed by atoms with van der Waals surface area (Å²) in [7, 11) is 2.16. The van der Waals surface area contributed by atoms with Crippen molar-refractivity contribution in [3.8, 4) is 11.3 Å². The molecular formula is C29H33CaN7O. The van der Waals surface area contributed by atoms with Gasteiger partial charge in [0.1, 0.15) is 0 Å². The van der Waals surface area contributed by atoms with E-state index in [2.05, 4.69) is 42.4 Å². The zero-order chi connectivity index (χ0) is 25.6. The van der Waals surface area contributed by atoms with E-state index in [1.807, 2.05) is 67.6 Å². The number of piperazine rings is 1. The van der Waals surface area contributed by atoms with Gasteiger partial charge in [-0.2, -0.15) is 0 Å². The van der Waals surface area contributed by atoms with Crippen LogP contribution in [0.1, 0.15) is 24.3 Å². The van der Waals surface area contributed by atoms with Crippen molar-refractivity contribution in [3.05, 3.63) is 95.9 Å². The third-order valence-corrected chi connectivity index (χ3v) is 6.57. The number of carbonyl (C=O) groups excluding carboxylic acids is 1. The molecular weight excluding hydrogens is 502 g/mol. The van der Waals surface area contributed by atoms with Crippen LogP contribution in [0.5, 0.6) is 0 Å². The molecule has 4 aromatic rings. The van der Waals surface area contributed by atoms with Crippen LogP contribution in [0.2, 0.25) is 0 Å². The summed E-state index contributed by atoms with van der Waals surface area (Å²) in [6.45, 7) is 7.24. The molecule has 3 heterocycles. The van der Waals surface area contributed by atoms with Gasteiger partial charge < -0.3 is 18.4 Å². The van der Waals surface area contributed by atoms with E-state index in [-0.39, 0.29) is 46.5 Å². The molecule has 2 N–H and O–H groups in total. The summed E-state index contributed by atoms with van der Waals surface area (Å²) in [5.41, 5.74) is 6.08. The number of pyridine rings is 1. The van der Waals surface area contributed by atoms with Crippen molar-refractivity contribution < 1.29 is 7.65 Å². The molecule has 0 radical (unpaired) electrons. The van der Waals surface area contributed by atoms with Gasteiger partial charge in [-0.15, -0.1) is 0 Å². The van der Waals surface area contributed by atoms with Gasteiger partial charge in [0.25, 0.3) is 5.91 Å². The van der Waals surface area contributed by atoms with E-state index in [9.17, 15) is 4.79 Å². The Morgan fingerprint density at radius 3 is 2.53 bits per heavy atom. The Bertz CT molecular complexity index is 1370. The Kier molecular flexibility index (Phi) is 9.82. The van der Waals surface area contributed by atoms with Gasteiger partial charge in [-0.05, 0) is 67.6 Å². The Labute approximate surface area is 256 Å². The number of rotatable bonds is 7. The number of likely N-dealkylation sites (N-methyl/N-ethyl adjacent to an activating group) is 1. The number of hydrogen-bond donors (Lipinski definition) is 2. The molecule has 1 amide bonds. The first-order valence-electron chi connectivity index (χ1n) is 12.5. The molecule has 5 rings (SSSR count). The number of anilines is 3. The Morgan fingerprint density at radius 2 is 1.79 bits per heavy atom. The molecule has 2 aromatic heterocycles. The maximum Gasteiger partial charge on any atom is 2.00 e. The van der Waals surface area contributed by atoms with Gasteiger partial charge in [0, 0.05) is 73.8 Å². The van der Waals surface area contributed by atoms with E-state index in [4.69, 9.17) is 0 Å². The fraction of sp³-hybridized carbons (Fsp3) is 0.241. The minimum Gasteiger partial charge on any atom is -1.00 e. The van der Waals surface area contributed by atoms with Crippen LogP contribution in [0.4, 0.5) is 17.3 Å². The summed E-state index contributed by atoms with van der Waals surface area (Å²) < 4.78 is 0. The quantitative estimate of drug-likeness (QED) is 0.339. The van der Waals surface area contributed by atoms with Gasteiger partial charge in [0.15, 0.2) is 0 Å². The molecule has 0 atom stereocenters. The summed E-state index contributed by atoms with van der Waals surface area (Å²) in [5, 5.41) is 6.29. The number of benzene rings is 2. The van der Waals surface area contributed by atoms with E-state index in [0.29, 0.717) is 17.2 Å². The standard InChI is InChI=1S/C29H31N7O.Ca.2H/c1-21-5-10-25(18-27(21)34-29-31-13-11-26(33-29)24-4-3-12-30-19-24)32-28(37)23-8-6-22(7-9-23)20-36-16-14-35(2)15-17-36;;;/h3-13,18-19H,14-17,20H2,1-2H3,(H,32,37)(H,31,33,34);;;/q;+2;2*-1. The summed E-state index contributed by atoms with van der Waals surface area (Å²) in [6.07, 6.45) is 5.22. The monoisotopic (exact) mass is 535 g/mol. The van der Waals surface area contributed by atoms with E-state index in [0.717, 1.165) is 55.2 Å². The molecule has 0 bridgehead atoms. The largest absolute Gasteiger partial charge is 2.00 e. The molecule has 0 unspecified atom stereocenters. The van der Waals surface area contributed by atoms with Crippen LogP contribution in [0.15, 0.2) is 79.3 Å². The molecule has 9 heteroatoms. The Morgan fingerprint density at radius 1 is 1.00 bits per heavy atom. The number of carbonyl (C=O) groups is 1. The second-order valence-electron chi connectivity index (χ2n) is 9.39. The predicted molar refractivity (Wildman–Crippen MR) is 155 cm³/mol. The maximum atomic E-state index is 12.9. The molecule has 1 fully saturated rings. The van der Waals surface area contributed by atoms with Crippen LogP contribution in [0.25, 0.3) is 11.3 Å². The van der Waals surface area contributed by atoms with Crippen molar-refractivity contribution in [2.75, 3.05) is 43.9 Å². The first-order chi connectivity index (χ1) is 18.0. The second kappa shape index (κ2) is 13.3. The van der Waals surface area contributed by atoms with Crippen molar-refractivity contribution in [2.24, 2.45) is 0 Å². The van der Waals surface area contributed by atoms with E-state index in [1.165, 1.54) is 5.56 Å². The Balaban J connectivity index is 0.00000187. The van der Waals surface area contributed by atoms with Crippen LogP contribution in [-0.4, -0.2) is 102 Å². The molecule has 192 valence electrons. The van der Waals surface area contributed by atoms with Gasteiger partial charge in [0.2, 0.25) is 5.95 Å². The van der Waals surface area contributed by atoms with Crippen molar-refractivity contribution in [3.63, 3.8) is 0 Å². The van der Waals surface area contributed by atoms with Gasteiger partial charge in [-0.3, -0.25) is 14.7 Å². The van der Waals surface area contributed by atoms with Crippen LogP contribution in [-0.2, 0) is 6.54 Å². The van der Waals surface area contributed by atoms with Crippen LogP contribution >= 0.6 is 0 Å². The molecule has 0 aliphatic carbocycles. The van der Waals surface area contributed by atoms with Crippen LogP contribution < -0.4 is 10.6 Å². The first-order valence-corrected chi connectivity index (χ1v) is 12.5. The summed E-state index contributed by atoms with van der Waals surface area (Å²) in [6, 6.07) is 19.3. The average molecular weight is 536 g/mol. The molecule has 8 nitrogen and oxygen atoms in total. The third-order valence-electron chi connectivity index (χ3n) is 6.57. The summed E-state index contributed by atoms with van der Waals surface area (Å²) >= 11 is 0. The van der Waals surface area contributed by atoms with E-state index >= 15 is 0 Å². The number of aromatic nitrogens is 3. The van der Waals surface area contributed by atoms with Crippen LogP contribution in [0, 0.1) is 6.92 Å². The molecule has 38 heavy (non-hydrogen) atoms.